The Morgan fingerprint density at radius 2 is 1.95 bits per heavy atom. The molecular formula is C15H18N2O2. The van der Waals surface area contributed by atoms with Crippen LogP contribution in [0.3, 0.4) is 0 Å². The van der Waals surface area contributed by atoms with E-state index >= 15 is 0 Å². The van der Waals surface area contributed by atoms with Gasteiger partial charge in [-0.2, -0.15) is 0 Å². The van der Waals surface area contributed by atoms with E-state index in [1.54, 1.807) is 0 Å². The number of nitrogens with zero attached hydrogens (tertiary/aromatic N) is 1. The van der Waals surface area contributed by atoms with Crippen LogP contribution in [0.15, 0.2) is 36.4 Å². The lowest BCUT2D eigenvalue weighted by atomic mass is 9.94. The SMILES string of the molecule is OC1(CNc2ccc3ccccc3n2)CCOCC1. The van der Waals surface area contributed by atoms with Gasteiger partial charge in [0.2, 0.25) is 0 Å². The summed E-state index contributed by atoms with van der Waals surface area (Å²) in [6.45, 7) is 1.77. The van der Waals surface area contributed by atoms with Crippen LogP contribution in [0.5, 0.6) is 0 Å². The van der Waals surface area contributed by atoms with Crippen LogP contribution in [-0.4, -0.2) is 35.5 Å². The molecule has 0 bridgehead atoms. The van der Waals surface area contributed by atoms with Crippen LogP contribution in [0.25, 0.3) is 10.9 Å². The third kappa shape index (κ3) is 2.85. The van der Waals surface area contributed by atoms with E-state index < -0.39 is 5.60 Å². The fourth-order valence-corrected chi connectivity index (χ4v) is 2.35. The molecule has 2 aromatic rings. The van der Waals surface area contributed by atoms with Crippen LogP contribution >= 0.6 is 0 Å². The summed E-state index contributed by atoms with van der Waals surface area (Å²) in [5, 5.41) is 14.7. The van der Waals surface area contributed by atoms with E-state index in [1.165, 1.54) is 0 Å². The number of aromatic nitrogens is 1. The largest absolute Gasteiger partial charge is 0.388 e. The molecule has 0 amide bonds. The number of benzene rings is 1. The lowest BCUT2D eigenvalue weighted by Gasteiger charge is -2.32. The van der Waals surface area contributed by atoms with E-state index in [1.807, 2.05) is 36.4 Å². The molecular weight excluding hydrogens is 240 g/mol. The average Bonchev–Trinajstić information content (AvgIpc) is 2.46. The number of anilines is 1. The number of aliphatic hydroxyl groups is 1. The standard InChI is InChI=1S/C15H18N2O2/c18-15(7-9-19-10-8-15)11-16-14-6-5-12-3-1-2-4-13(12)17-14/h1-6,18H,7-11H2,(H,16,17). The molecule has 19 heavy (non-hydrogen) atoms. The summed E-state index contributed by atoms with van der Waals surface area (Å²) in [6, 6.07) is 12.0. The van der Waals surface area contributed by atoms with E-state index in [2.05, 4.69) is 10.3 Å². The highest BCUT2D eigenvalue weighted by molar-refractivity contribution is 5.80. The van der Waals surface area contributed by atoms with Gasteiger partial charge in [-0.3, -0.25) is 0 Å². The Bertz CT molecular complexity index is 565. The Balaban J connectivity index is 1.71. The van der Waals surface area contributed by atoms with Gasteiger partial charge in [0.1, 0.15) is 5.82 Å². The van der Waals surface area contributed by atoms with Crippen LogP contribution in [0.4, 0.5) is 5.82 Å². The molecule has 0 saturated carbocycles. The third-order valence-electron chi connectivity index (χ3n) is 3.62. The predicted octanol–water partition coefficient (Wildman–Crippen LogP) is 2.19. The third-order valence-corrected chi connectivity index (χ3v) is 3.62. The zero-order valence-electron chi connectivity index (χ0n) is 10.8. The highest BCUT2D eigenvalue weighted by atomic mass is 16.5. The van der Waals surface area contributed by atoms with Crippen LogP contribution in [-0.2, 0) is 4.74 Å². The number of fused-ring (bicyclic) bond motifs is 1. The van der Waals surface area contributed by atoms with Crippen molar-refractivity contribution in [3.05, 3.63) is 36.4 Å². The van der Waals surface area contributed by atoms with E-state index in [9.17, 15) is 5.11 Å². The minimum atomic E-state index is -0.675. The maximum Gasteiger partial charge on any atom is 0.126 e. The molecule has 100 valence electrons. The average molecular weight is 258 g/mol. The van der Waals surface area contributed by atoms with Gasteiger partial charge >= 0.3 is 0 Å². The number of nitrogens with one attached hydrogen (secondary N) is 1. The lowest BCUT2D eigenvalue weighted by molar-refractivity contribution is -0.0543. The smallest absolute Gasteiger partial charge is 0.126 e. The highest BCUT2D eigenvalue weighted by Crippen LogP contribution is 2.21. The molecule has 2 heterocycles. The summed E-state index contributed by atoms with van der Waals surface area (Å²) >= 11 is 0. The topological polar surface area (TPSA) is 54.4 Å². The van der Waals surface area contributed by atoms with Crippen molar-refractivity contribution in [2.75, 3.05) is 25.1 Å². The van der Waals surface area contributed by atoms with Crippen LogP contribution in [0.2, 0.25) is 0 Å². The maximum atomic E-state index is 10.4. The Kier molecular flexibility index (Phi) is 3.36. The molecule has 1 saturated heterocycles. The second-order valence-corrected chi connectivity index (χ2v) is 5.08. The van der Waals surface area contributed by atoms with Gasteiger partial charge in [-0.25, -0.2) is 4.98 Å². The first-order chi connectivity index (χ1) is 9.25. The Morgan fingerprint density at radius 1 is 1.16 bits per heavy atom. The molecule has 1 aliphatic rings. The van der Waals surface area contributed by atoms with Crippen LogP contribution in [0, 0.1) is 0 Å². The molecule has 4 nitrogen and oxygen atoms in total. The second kappa shape index (κ2) is 5.15. The molecule has 1 aliphatic heterocycles. The molecule has 1 fully saturated rings. The van der Waals surface area contributed by atoms with Gasteiger partial charge in [0.25, 0.3) is 0 Å². The molecule has 0 spiro atoms. The van der Waals surface area contributed by atoms with Crippen LogP contribution < -0.4 is 5.32 Å². The fraction of sp³-hybridized carbons (Fsp3) is 0.400. The lowest BCUT2D eigenvalue weighted by Crippen LogP contribution is -2.42. The quantitative estimate of drug-likeness (QED) is 0.886. The molecule has 1 aromatic heterocycles. The zero-order valence-corrected chi connectivity index (χ0v) is 10.8. The minimum Gasteiger partial charge on any atom is -0.388 e. The predicted molar refractivity (Wildman–Crippen MR) is 75.2 cm³/mol. The van der Waals surface area contributed by atoms with Gasteiger partial charge in [-0.15, -0.1) is 0 Å². The van der Waals surface area contributed by atoms with Crippen molar-refractivity contribution < 1.29 is 9.84 Å². The molecule has 0 atom stereocenters. The molecule has 2 N–H and O–H groups in total. The number of pyridine rings is 1. The molecule has 0 aliphatic carbocycles. The first kappa shape index (κ1) is 12.4. The van der Waals surface area contributed by atoms with Gasteiger partial charge in [0, 0.05) is 38.0 Å². The number of para-hydroxylation sites is 1. The summed E-state index contributed by atoms with van der Waals surface area (Å²) in [7, 11) is 0. The number of rotatable bonds is 3. The van der Waals surface area contributed by atoms with Crippen molar-refractivity contribution in [2.24, 2.45) is 0 Å². The summed E-state index contributed by atoms with van der Waals surface area (Å²) < 4.78 is 5.27. The molecule has 1 aromatic carbocycles. The van der Waals surface area contributed by atoms with Crippen molar-refractivity contribution in [1.29, 1.82) is 0 Å². The zero-order chi connectivity index (χ0) is 13.1. The first-order valence-electron chi connectivity index (χ1n) is 6.65. The Hall–Kier alpha value is -1.65. The highest BCUT2D eigenvalue weighted by Gasteiger charge is 2.29. The van der Waals surface area contributed by atoms with Gasteiger partial charge < -0.3 is 15.2 Å². The van der Waals surface area contributed by atoms with Crippen molar-refractivity contribution in [1.82, 2.24) is 4.98 Å². The molecule has 4 heteroatoms. The summed E-state index contributed by atoms with van der Waals surface area (Å²) in [6.07, 6.45) is 1.35. The van der Waals surface area contributed by atoms with Gasteiger partial charge in [-0.1, -0.05) is 18.2 Å². The number of hydrogen-bond donors (Lipinski definition) is 2. The number of ether oxygens (including phenoxy) is 1. The first-order valence-corrected chi connectivity index (χ1v) is 6.65. The summed E-state index contributed by atoms with van der Waals surface area (Å²) in [4.78, 5) is 4.54. The fourth-order valence-electron chi connectivity index (χ4n) is 2.35. The molecule has 0 unspecified atom stereocenters. The summed E-state index contributed by atoms with van der Waals surface area (Å²) in [5.74, 6) is 0.804. The van der Waals surface area contributed by atoms with Gasteiger partial charge in [0.05, 0.1) is 11.1 Å². The van der Waals surface area contributed by atoms with Gasteiger partial charge in [-0.05, 0) is 18.2 Å². The van der Waals surface area contributed by atoms with E-state index in [4.69, 9.17) is 4.74 Å². The minimum absolute atomic E-state index is 0.516. The van der Waals surface area contributed by atoms with E-state index in [0.29, 0.717) is 32.6 Å². The number of hydrogen-bond acceptors (Lipinski definition) is 4. The molecule has 0 radical (unpaired) electrons. The Labute approximate surface area is 112 Å². The maximum absolute atomic E-state index is 10.4. The normalized spacial score (nSPS) is 18.4. The van der Waals surface area contributed by atoms with Crippen molar-refractivity contribution in [3.63, 3.8) is 0 Å². The van der Waals surface area contributed by atoms with Gasteiger partial charge in [0.15, 0.2) is 0 Å². The monoisotopic (exact) mass is 258 g/mol. The van der Waals surface area contributed by atoms with Crippen molar-refractivity contribution >= 4 is 16.7 Å². The van der Waals surface area contributed by atoms with E-state index in [0.717, 1.165) is 16.7 Å². The molecule has 3 rings (SSSR count). The van der Waals surface area contributed by atoms with E-state index in [-0.39, 0.29) is 0 Å². The Morgan fingerprint density at radius 3 is 2.79 bits per heavy atom. The summed E-state index contributed by atoms with van der Waals surface area (Å²) in [5.41, 5.74) is 0.289. The van der Waals surface area contributed by atoms with Crippen molar-refractivity contribution in [3.8, 4) is 0 Å². The second-order valence-electron chi connectivity index (χ2n) is 5.08. The van der Waals surface area contributed by atoms with Crippen molar-refractivity contribution in [2.45, 2.75) is 18.4 Å². The van der Waals surface area contributed by atoms with Crippen LogP contribution in [0.1, 0.15) is 12.8 Å².